The van der Waals surface area contributed by atoms with Crippen molar-refractivity contribution in [2.24, 2.45) is 0 Å². The van der Waals surface area contributed by atoms with Crippen LogP contribution >= 0.6 is 10.6 Å². The summed E-state index contributed by atoms with van der Waals surface area (Å²) < 4.78 is 65.3. The predicted molar refractivity (Wildman–Crippen MR) is 138 cm³/mol. The zero-order chi connectivity index (χ0) is 27.2. The lowest BCUT2D eigenvalue weighted by Crippen LogP contribution is -2.41. The van der Waals surface area contributed by atoms with Gasteiger partial charge in [-0.1, -0.05) is 5.92 Å². The fourth-order valence-corrected chi connectivity index (χ4v) is 5.51. The molecule has 1 aliphatic heterocycles. The SMILES string of the molecule is O=C(C#Cc1cccnc1)Nc1cc(-c2ncc(C(F)(F)F)[nH]2)ccc1OCCCC1CNCCS1(O)O. The van der Waals surface area contributed by atoms with Crippen LogP contribution < -0.4 is 15.4 Å². The first kappa shape index (κ1) is 27.5. The summed E-state index contributed by atoms with van der Waals surface area (Å²) in [6.07, 6.45) is 0.239. The minimum Gasteiger partial charge on any atom is -0.491 e. The number of H-pyrrole nitrogens is 1. The summed E-state index contributed by atoms with van der Waals surface area (Å²) in [7, 11) is -2.65. The van der Waals surface area contributed by atoms with Crippen molar-refractivity contribution in [3.05, 3.63) is 60.2 Å². The Morgan fingerprint density at radius 1 is 1.26 bits per heavy atom. The molecule has 1 aromatic carbocycles. The van der Waals surface area contributed by atoms with Gasteiger partial charge in [-0.25, -0.2) is 4.98 Å². The number of anilines is 1. The number of halogens is 3. The number of pyridine rings is 1. The molecule has 1 aliphatic rings. The lowest BCUT2D eigenvalue weighted by atomic mass is 10.1. The van der Waals surface area contributed by atoms with Crippen molar-refractivity contribution < 1.29 is 31.8 Å². The molecule has 1 saturated heterocycles. The van der Waals surface area contributed by atoms with Gasteiger partial charge in [0.15, 0.2) is 0 Å². The average Bonchev–Trinajstić information content (AvgIpc) is 3.39. The highest BCUT2D eigenvalue weighted by atomic mass is 32.3. The van der Waals surface area contributed by atoms with Gasteiger partial charge in [0.2, 0.25) is 0 Å². The third-order valence-corrected chi connectivity index (χ3v) is 8.05. The van der Waals surface area contributed by atoms with Crippen molar-refractivity contribution >= 4 is 22.2 Å². The highest BCUT2D eigenvalue weighted by molar-refractivity contribution is 8.24. The lowest BCUT2D eigenvalue weighted by Gasteiger charge is -2.44. The molecule has 0 aliphatic carbocycles. The van der Waals surface area contributed by atoms with E-state index in [2.05, 4.69) is 37.4 Å². The topological polar surface area (TPSA) is 132 Å². The summed E-state index contributed by atoms with van der Waals surface area (Å²) >= 11 is 0. The molecule has 5 N–H and O–H groups in total. The smallest absolute Gasteiger partial charge is 0.432 e. The van der Waals surface area contributed by atoms with Gasteiger partial charge in [0, 0.05) is 42.5 Å². The minimum absolute atomic E-state index is 0.0316. The van der Waals surface area contributed by atoms with Crippen LogP contribution in [0.3, 0.4) is 0 Å². The van der Waals surface area contributed by atoms with Gasteiger partial charge in [-0.2, -0.15) is 23.8 Å². The number of imidazole rings is 1. The van der Waals surface area contributed by atoms with E-state index in [0.29, 0.717) is 49.0 Å². The van der Waals surface area contributed by atoms with Crippen molar-refractivity contribution in [3.63, 3.8) is 0 Å². The van der Waals surface area contributed by atoms with E-state index >= 15 is 0 Å². The zero-order valence-corrected chi connectivity index (χ0v) is 20.9. The van der Waals surface area contributed by atoms with Crippen LogP contribution in [0.25, 0.3) is 11.4 Å². The van der Waals surface area contributed by atoms with E-state index < -0.39 is 28.4 Å². The molecule has 9 nitrogen and oxygen atoms in total. The van der Waals surface area contributed by atoms with Crippen LogP contribution in [0.2, 0.25) is 0 Å². The van der Waals surface area contributed by atoms with Gasteiger partial charge in [-0.05, 0) is 43.2 Å². The third kappa shape index (κ3) is 7.26. The number of carbonyl (C=O) groups is 1. The Kier molecular flexibility index (Phi) is 8.58. The molecular formula is C25H26F3N5O4S. The minimum atomic E-state index is -4.58. The summed E-state index contributed by atoms with van der Waals surface area (Å²) in [6, 6.07) is 7.85. The molecule has 1 amide bonds. The molecule has 13 heteroatoms. The molecule has 2 aromatic heterocycles. The molecule has 0 spiro atoms. The summed E-state index contributed by atoms with van der Waals surface area (Å²) in [5.41, 5.74) is 0.0300. The Morgan fingerprint density at radius 2 is 2.11 bits per heavy atom. The van der Waals surface area contributed by atoms with E-state index in [4.69, 9.17) is 4.74 Å². The molecular weight excluding hydrogens is 523 g/mol. The molecule has 202 valence electrons. The summed E-state index contributed by atoms with van der Waals surface area (Å²) in [5.74, 6) is 5.04. The molecule has 3 heterocycles. The number of aromatic amines is 1. The Morgan fingerprint density at radius 3 is 2.82 bits per heavy atom. The normalized spacial score (nSPS) is 17.7. The molecule has 3 aromatic rings. The van der Waals surface area contributed by atoms with Gasteiger partial charge >= 0.3 is 12.1 Å². The van der Waals surface area contributed by atoms with Gasteiger partial charge in [0.1, 0.15) is 17.3 Å². The van der Waals surface area contributed by atoms with Gasteiger partial charge in [-0.3, -0.25) is 18.9 Å². The number of benzene rings is 1. The van der Waals surface area contributed by atoms with Crippen LogP contribution in [0.1, 0.15) is 24.1 Å². The zero-order valence-electron chi connectivity index (χ0n) is 20.1. The molecule has 0 saturated carbocycles. The van der Waals surface area contributed by atoms with Gasteiger partial charge in [0.25, 0.3) is 0 Å². The number of carbonyl (C=O) groups excluding carboxylic acids is 1. The van der Waals surface area contributed by atoms with Crippen LogP contribution in [-0.4, -0.2) is 60.7 Å². The van der Waals surface area contributed by atoms with Crippen molar-refractivity contribution in [3.8, 4) is 29.0 Å². The maximum Gasteiger partial charge on any atom is 0.432 e. The number of hydrogen-bond donors (Lipinski definition) is 5. The van der Waals surface area contributed by atoms with Crippen LogP contribution in [0.15, 0.2) is 48.9 Å². The number of rotatable bonds is 7. The molecule has 1 fully saturated rings. The Hall–Kier alpha value is -3.57. The van der Waals surface area contributed by atoms with E-state index in [1.54, 1.807) is 18.3 Å². The van der Waals surface area contributed by atoms with Gasteiger partial charge in [0.05, 0.1) is 29.5 Å². The number of nitrogens with one attached hydrogen (secondary N) is 3. The van der Waals surface area contributed by atoms with E-state index in [9.17, 15) is 27.1 Å². The number of alkyl halides is 3. The third-order valence-electron chi connectivity index (χ3n) is 5.78. The molecule has 4 rings (SSSR count). The second-order valence-corrected chi connectivity index (χ2v) is 11.0. The predicted octanol–water partition coefficient (Wildman–Crippen LogP) is 4.36. The number of aromatic nitrogens is 3. The van der Waals surface area contributed by atoms with Crippen molar-refractivity contribution in [1.82, 2.24) is 20.3 Å². The molecule has 38 heavy (non-hydrogen) atoms. The lowest BCUT2D eigenvalue weighted by molar-refractivity contribution is -0.140. The maximum absolute atomic E-state index is 13.0. The fourth-order valence-electron chi connectivity index (χ4n) is 3.80. The molecule has 0 bridgehead atoms. The van der Waals surface area contributed by atoms with Crippen LogP contribution in [0, 0.1) is 11.8 Å². The second-order valence-electron chi connectivity index (χ2n) is 8.54. The highest BCUT2D eigenvalue weighted by Gasteiger charge is 2.33. The highest BCUT2D eigenvalue weighted by Crippen LogP contribution is 2.46. The Balaban J connectivity index is 1.49. The van der Waals surface area contributed by atoms with Gasteiger partial charge < -0.3 is 20.4 Å². The molecule has 1 atom stereocenters. The fraction of sp³-hybridized carbons (Fsp3) is 0.320. The average molecular weight is 550 g/mol. The number of nitrogens with zero attached hydrogens (tertiary/aromatic N) is 2. The van der Waals surface area contributed by atoms with Crippen LogP contribution in [-0.2, 0) is 11.0 Å². The van der Waals surface area contributed by atoms with Crippen LogP contribution in [0.4, 0.5) is 18.9 Å². The van der Waals surface area contributed by atoms with E-state index in [0.717, 1.165) is 0 Å². The summed E-state index contributed by atoms with van der Waals surface area (Å²) in [4.78, 5) is 22.5. The number of hydrogen-bond acceptors (Lipinski definition) is 7. The quantitative estimate of drug-likeness (QED) is 0.219. The van der Waals surface area contributed by atoms with Crippen molar-refractivity contribution in [1.29, 1.82) is 0 Å². The molecule has 0 radical (unpaired) electrons. The molecule has 1 unspecified atom stereocenters. The Bertz CT molecular complexity index is 1320. The summed E-state index contributed by atoms with van der Waals surface area (Å²) in [5, 5.41) is 5.50. The first-order valence-electron chi connectivity index (χ1n) is 11.7. The monoisotopic (exact) mass is 549 g/mol. The first-order valence-corrected chi connectivity index (χ1v) is 13.5. The van der Waals surface area contributed by atoms with Crippen molar-refractivity contribution in [2.75, 3.05) is 30.8 Å². The van der Waals surface area contributed by atoms with E-state index in [1.165, 1.54) is 24.4 Å². The van der Waals surface area contributed by atoms with E-state index in [1.807, 2.05) is 0 Å². The largest absolute Gasteiger partial charge is 0.491 e. The van der Waals surface area contributed by atoms with Crippen molar-refractivity contribution in [2.45, 2.75) is 24.3 Å². The second kappa shape index (κ2) is 11.9. The summed E-state index contributed by atoms with van der Waals surface area (Å²) in [6.45, 7) is 1.29. The van der Waals surface area contributed by atoms with Gasteiger partial charge in [-0.15, -0.1) is 0 Å². The maximum atomic E-state index is 13.0. The van der Waals surface area contributed by atoms with E-state index in [-0.39, 0.29) is 29.1 Å². The number of amides is 1. The first-order chi connectivity index (χ1) is 18.1. The standard InChI is InChI=1S/C25H26F3N5O4S/c26-25(27,28)22-16-31-24(33-22)18-6-7-21(37-11-2-4-19-15-30-10-12-38(19,35)36)20(13-18)32-23(34)8-5-17-3-1-9-29-14-17/h1,3,6-7,9,13-14,16,19,30,35-36H,2,4,10-12,15H2,(H,31,33)(H,32,34). The van der Waals surface area contributed by atoms with Crippen LogP contribution in [0.5, 0.6) is 5.75 Å². The number of ether oxygens (including phenoxy) is 1. The Labute approximate surface area is 218 Å².